The van der Waals surface area contributed by atoms with Gasteiger partial charge in [-0.3, -0.25) is 0 Å². The number of aryl methyl sites for hydroxylation is 1. The van der Waals surface area contributed by atoms with Crippen LogP contribution in [0.25, 0.3) is 27.8 Å². The molecule has 0 amide bonds. The van der Waals surface area contributed by atoms with Crippen LogP contribution in [0, 0.1) is 29.2 Å². The molecule has 0 spiro atoms. The Bertz CT molecular complexity index is 1320. The number of allylic oxidation sites excluding steroid dienone is 2. The van der Waals surface area contributed by atoms with Gasteiger partial charge in [-0.1, -0.05) is 133 Å². The van der Waals surface area contributed by atoms with Crippen LogP contribution < -0.4 is 0 Å². The zero-order valence-electron chi connectivity index (χ0n) is 25.4. The monoisotopic (exact) mass is 578 g/mol. The van der Waals surface area contributed by atoms with Crippen LogP contribution in [0.5, 0.6) is 0 Å². The Kier molecular flexibility index (Phi) is 12.3. The SMILES string of the molecule is CCCCCCCCCc1ccc(-c2ccc(-c3ccc(C4=CCC(CCCCC)CC4)c(F)c3F)cc2)c(F)c1F. The number of unbranched alkanes of at least 4 members (excludes halogenated alkanes) is 8. The van der Waals surface area contributed by atoms with Crippen molar-refractivity contribution in [2.45, 2.75) is 110 Å². The molecule has 0 aromatic heterocycles. The maximum atomic E-state index is 15.3. The average molecular weight is 579 g/mol. The molecular weight excluding hydrogens is 532 g/mol. The molecule has 3 aromatic rings. The fourth-order valence-electron chi connectivity index (χ4n) is 6.21. The summed E-state index contributed by atoms with van der Waals surface area (Å²) in [6.45, 7) is 4.39. The Morgan fingerprint density at radius 2 is 1.10 bits per heavy atom. The molecule has 0 N–H and O–H groups in total. The first kappa shape index (κ1) is 32.0. The molecule has 1 atom stereocenters. The zero-order valence-corrected chi connectivity index (χ0v) is 25.4. The molecule has 0 fully saturated rings. The summed E-state index contributed by atoms with van der Waals surface area (Å²) in [4.78, 5) is 0. The molecule has 1 unspecified atom stereocenters. The van der Waals surface area contributed by atoms with Crippen LogP contribution in [-0.4, -0.2) is 0 Å². The molecule has 1 aliphatic rings. The second kappa shape index (κ2) is 16.1. The highest BCUT2D eigenvalue weighted by Gasteiger charge is 2.21. The lowest BCUT2D eigenvalue weighted by Gasteiger charge is -2.22. The third-order valence-electron chi connectivity index (χ3n) is 8.88. The third kappa shape index (κ3) is 8.14. The molecule has 0 saturated carbocycles. The van der Waals surface area contributed by atoms with Gasteiger partial charge in [0.05, 0.1) is 0 Å². The molecule has 1 aliphatic carbocycles. The van der Waals surface area contributed by atoms with E-state index in [-0.39, 0.29) is 11.1 Å². The standard InChI is InChI=1S/C38H46F4/c1-3-5-7-8-9-10-12-14-31-23-24-32(36(40)35(31)39)29-19-21-30(22-20-29)34-26-25-33(37(41)38(34)42)28-17-15-27(16-18-28)13-11-6-4-2/h17,19-27H,3-16,18H2,1-2H3. The van der Waals surface area contributed by atoms with Crippen molar-refractivity contribution in [1.29, 1.82) is 0 Å². The lowest BCUT2D eigenvalue weighted by Crippen LogP contribution is -2.07. The summed E-state index contributed by atoms with van der Waals surface area (Å²) in [5, 5.41) is 0. The van der Waals surface area contributed by atoms with Crippen molar-refractivity contribution >= 4 is 5.57 Å². The van der Waals surface area contributed by atoms with Gasteiger partial charge in [0.2, 0.25) is 0 Å². The minimum absolute atomic E-state index is 0.161. The van der Waals surface area contributed by atoms with Gasteiger partial charge in [-0.15, -0.1) is 0 Å². The predicted molar refractivity (Wildman–Crippen MR) is 168 cm³/mol. The molecule has 226 valence electrons. The summed E-state index contributed by atoms with van der Waals surface area (Å²) in [6.07, 6.45) is 18.0. The molecular formula is C38H46F4. The van der Waals surface area contributed by atoms with Gasteiger partial charge in [-0.05, 0) is 60.3 Å². The highest BCUT2D eigenvalue weighted by molar-refractivity contribution is 5.74. The second-order valence-corrected chi connectivity index (χ2v) is 12.0. The quantitative estimate of drug-likeness (QED) is 0.124. The Balaban J connectivity index is 1.41. The van der Waals surface area contributed by atoms with E-state index in [9.17, 15) is 4.39 Å². The summed E-state index contributed by atoms with van der Waals surface area (Å²) in [7, 11) is 0. The van der Waals surface area contributed by atoms with Crippen molar-refractivity contribution in [2.24, 2.45) is 5.92 Å². The van der Waals surface area contributed by atoms with E-state index in [2.05, 4.69) is 19.9 Å². The molecule has 0 bridgehead atoms. The number of rotatable bonds is 15. The number of hydrogen-bond acceptors (Lipinski definition) is 0. The Hall–Kier alpha value is -2.88. The van der Waals surface area contributed by atoms with Gasteiger partial charge >= 0.3 is 0 Å². The number of benzene rings is 3. The van der Waals surface area contributed by atoms with E-state index in [1.54, 1.807) is 48.5 Å². The largest absolute Gasteiger partial charge is 0.203 e. The number of halogens is 4. The molecule has 4 rings (SSSR count). The van der Waals surface area contributed by atoms with E-state index in [0.29, 0.717) is 34.6 Å². The Labute approximate surface area is 250 Å². The van der Waals surface area contributed by atoms with Gasteiger partial charge in [0.15, 0.2) is 23.3 Å². The second-order valence-electron chi connectivity index (χ2n) is 12.0. The van der Waals surface area contributed by atoms with Crippen molar-refractivity contribution in [2.75, 3.05) is 0 Å². The predicted octanol–water partition coefficient (Wildman–Crippen LogP) is 12.6. The van der Waals surface area contributed by atoms with Crippen molar-refractivity contribution in [3.05, 3.63) is 89.0 Å². The fourth-order valence-corrected chi connectivity index (χ4v) is 6.21. The van der Waals surface area contributed by atoms with Gasteiger partial charge in [0, 0.05) is 16.7 Å². The van der Waals surface area contributed by atoms with Crippen LogP contribution in [0.4, 0.5) is 17.6 Å². The van der Waals surface area contributed by atoms with Crippen molar-refractivity contribution in [1.82, 2.24) is 0 Å². The Morgan fingerprint density at radius 1 is 0.571 bits per heavy atom. The summed E-state index contributed by atoms with van der Waals surface area (Å²) >= 11 is 0. The first-order valence-electron chi connectivity index (χ1n) is 16.2. The lowest BCUT2D eigenvalue weighted by molar-refractivity contribution is 0.427. The van der Waals surface area contributed by atoms with Gasteiger partial charge in [-0.25, -0.2) is 17.6 Å². The summed E-state index contributed by atoms with van der Waals surface area (Å²) < 4.78 is 60.4. The molecule has 0 saturated heterocycles. The van der Waals surface area contributed by atoms with E-state index in [1.165, 1.54) is 51.4 Å². The van der Waals surface area contributed by atoms with Crippen LogP contribution in [0.2, 0.25) is 0 Å². The smallest absolute Gasteiger partial charge is 0.167 e. The van der Waals surface area contributed by atoms with E-state index in [0.717, 1.165) is 44.1 Å². The van der Waals surface area contributed by atoms with E-state index in [4.69, 9.17) is 0 Å². The van der Waals surface area contributed by atoms with Gasteiger partial charge in [-0.2, -0.15) is 0 Å². The van der Waals surface area contributed by atoms with Gasteiger partial charge in [0.1, 0.15) is 0 Å². The number of hydrogen-bond donors (Lipinski definition) is 0. The summed E-state index contributed by atoms with van der Waals surface area (Å²) in [6, 6.07) is 13.1. The fraction of sp³-hybridized carbons (Fsp3) is 0.474. The molecule has 4 heteroatoms. The van der Waals surface area contributed by atoms with Crippen molar-refractivity contribution in [3.8, 4) is 22.3 Å². The van der Waals surface area contributed by atoms with Crippen molar-refractivity contribution in [3.63, 3.8) is 0 Å². The molecule has 0 nitrogen and oxygen atoms in total. The van der Waals surface area contributed by atoms with E-state index in [1.807, 2.05) is 0 Å². The first-order valence-corrected chi connectivity index (χ1v) is 16.2. The minimum Gasteiger partial charge on any atom is -0.203 e. The normalized spacial score (nSPS) is 15.2. The summed E-state index contributed by atoms with van der Waals surface area (Å²) in [5.74, 6) is -2.73. The minimum atomic E-state index is -0.877. The average Bonchev–Trinajstić information content (AvgIpc) is 3.01. The summed E-state index contributed by atoms with van der Waals surface area (Å²) in [5.41, 5.74) is 2.94. The van der Waals surface area contributed by atoms with Crippen LogP contribution in [0.15, 0.2) is 54.6 Å². The van der Waals surface area contributed by atoms with Crippen LogP contribution in [-0.2, 0) is 6.42 Å². The van der Waals surface area contributed by atoms with Gasteiger partial charge < -0.3 is 0 Å². The van der Waals surface area contributed by atoms with Crippen LogP contribution in [0.1, 0.15) is 115 Å². The molecule has 0 aliphatic heterocycles. The Morgan fingerprint density at radius 3 is 1.71 bits per heavy atom. The van der Waals surface area contributed by atoms with Crippen molar-refractivity contribution < 1.29 is 17.6 Å². The molecule has 42 heavy (non-hydrogen) atoms. The lowest BCUT2D eigenvalue weighted by atomic mass is 9.83. The zero-order chi connectivity index (χ0) is 29.9. The molecule has 0 heterocycles. The van der Waals surface area contributed by atoms with Gasteiger partial charge in [0.25, 0.3) is 0 Å². The van der Waals surface area contributed by atoms with Crippen LogP contribution >= 0.6 is 0 Å². The highest BCUT2D eigenvalue weighted by Crippen LogP contribution is 2.37. The maximum absolute atomic E-state index is 15.3. The van der Waals surface area contributed by atoms with E-state index < -0.39 is 23.3 Å². The topological polar surface area (TPSA) is 0 Å². The third-order valence-corrected chi connectivity index (χ3v) is 8.88. The highest BCUT2D eigenvalue weighted by atomic mass is 19.2. The molecule has 3 aromatic carbocycles. The maximum Gasteiger partial charge on any atom is 0.167 e. The molecule has 0 radical (unpaired) electrons. The first-order chi connectivity index (χ1) is 20.4. The van der Waals surface area contributed by atoms with E-state index >= 15 is 13.2 Å². The van der Waals surface area contributed by atoms with Crippen LogP contribution in [0.3, 0.4) is 0 Å².